The number of para-hydroxylation sites is 2. The highest BCUT2D eigenvalue weighted by atomic mass is 35.5. The van der Waals surface area contributed by atoms with Crippen LogP contribution in [0.2, 0.25) is 5.02 Å². The summed E-state index contributed by atoms with van der Waals surface area (Å²) in [5.41, 5.74) is 2.99. The van der Waals surface area contributed by atoms with E-state index < -0.39 is 5.82 Å². The smallest absolute Gasteiger partial charge is 0.141 e. The second-order valence-corrected chi connectivity index (χ2v) is 4.89. The number of halogens is 2. The summed E-state index contributed by atoms with van der Waals surface area (Å²) in [6, 6.07) is 12.8. The van der Waals surface area contributed by atoms with Crippen LogP contribution in [0.4, 0.5) is 4.39 Å². The van der Waals surface area contributed by atoms with E-state index >= 15 is 0 Å². The molecule has 0 bridgehead atoms. The Balaban J connectivity index is 2.05. The third kappa shape index (κ3) is 2.22. The Morgan fingerprint density at radius 1 is 1.21 bits per heavy atom. The number of fused-ring (bicyclic) bond motifs is 1. The maximum atomic E-state index is 13.2. The summed E-state index contributed by atoms with van der Waals surface area (Å²) in [5, 5.41) is 0.152. The lowest BCUT2D eigenvalue weighted by Crippen LogP contribution is -2.02. The highest BCUT2D eigenvalue weighted by molar-refractivity contribution is 6.30. The lowest BCUT2D eigenvalue weighted by molar-refractivity contribution is 0.626. The molecule has 0 saturated heterocycles. The van der Waals surface area contributed by atoms with Crippen molar-refractivity contribution in [3.05, 3.63) is 64.7 Å². The third-order valence-electron chi connectivity index (χ3n) is 3.17. The van der Waals surface area contributed by atoms with Gasteiger partial charge in [-0.05, 0) is 36.8 Å². The Hall–Kier alpha value is -1.87. The molecule has 2 nitrogen and oxygen atoms in total. The lowest BCUT2D eigenvalue weighted by Gasteiger charge is -2.07. The van der Waals surface area contributed by atoms with Crippen LogP contribution in [-0.2, 0) is 6.54 Å². The van der Waals surface area contributed by atoms with Crippen LogP contribution in [0.25, 0.3) is 11.0 Å². The molecule has 3 aromatic rings. The van der Waals surface area contributed by atoms with E-state index in [1.807, 2.05) is 31.2 Å². The molecule has 2 aromatic carbocycles. The number of nitrogens with zero attached hydrogens (tertiary/aromatic N) is 2. The second-order valence-electron chi connectivity index (χ2n) is 4.48. The number of hydrogen-bond acceptors (Lipinski definition) is 1. The van der Waals surface area contributed by atoms with Crippen LogP contribution >= 0.6 is 11.6 Å². The lowest BCUT2D eigenvalue weighted by atomic mass is 10.2. The van der Waals surface area contributed by atoms with Gasteiger partial charge in [0.1, 0.15) is 11.6 Å². The predicted molar refractivity (Wildman–Crippen MR) is 75.0 cm³/mol. The molecule has 1 heterocycles. The third-order valence-corrected chi connectivity index (χ3v) is 3.46. The maximum Gasteiger partial charge on any atom is 0.141 e. The van der Waals surface area contributed by atoms with Crippen LogP contribution in [0, 0.1) is 12.7 Å². The van der Waals surface area contributed by atoms with E-state index in [0.717, 1.165) is 22.4 Å². The van der Waals surface area contributed by atoms with Crippen LogP contribution in [0.1, 0.15) is 11.4 Å². The van der Waals surface area contributed by atoms with E-state index in [9.17, 15) is 4.39 Å². The topological polar surface area (TPSA) is 17.8 Å². The standard InChI is InChI=1S/C15H12ClFN2/c1-10-18-14-4-2-3-5-15(14)19(10)9-11-6-7-13(17)12(16)8-11/h2-8H,9H2,1H3. The second kappa shape index (κ2) is 4.67. The van der Waals surface area contributed by atoms with Gasteiger partial charge in [0.2, 0.25) is 0 Å². The fraction of sp³-hybridized carbons (Fsp3) is 0.133. The van der Waals surface area contributed by atoms with Crippen LogP contribution in [0.3, 0.4) is 0 Å². The summed E-state index contributed by atoms with van der Waals surface area (Å²) in [6.45, 7) is 2.59. The van der Waals surface area contributed by atoms with Gasteiger partial charge in [-0.3, -0.25) is 0 Å². The van der Waals surface area contributed by atoms with Crippen LogP contribution < -0.4 is 0 Å². The number of aromatic nitrogens is 2. The molecule has 3 rings (SSSR count). The molecule has 0 amide bonds. The molecule has 0 saturated carbocycles. The number of aryl methyl sites for hydroxylation is 1. The minimum absolute atomic E-state index is 0.152. The van der Waals surface area contributed by atoms with Crippen LogP contribution in [-0.4, -0.2) is 9.55 Å². The average molecular weight is 275 g/mol. The summed E-state index contributed by atoms with van der Waals surface area (Å²) in [7, 11) is 0. The number of benzene rings is 2. The van der Waals surface area contributed by atoms with Crippen LogP contribution in [0.5, 0.6) is 0 Å². The van der Waals surface area contributed by atoms with E-state index in [-0.39, 0.29) is 5.02 Å². The van der Waals surface area contributed by atoms with E-state index in [4.69, 9.17) is 11.6 Å². The van der Waals surface area contributed by atoms with Gasteiger partial charge in [-0.25, -0.2) is 9.37 Å². The highest BCUT2D eigenvalue weighted by Crippen LogP contribution is 2.20. The zero-order valence-electron chi connectivity index (χ0n) is 10.4. The van der Waals surface area contributed by atoms with Gasteiger partial charge in [-0.2, -0.15) is 0 Å². The number of imidazole rings is 1. The summed E-state index contributed by atoms with van der Waals surface area (Å²) in [5.74, 6) is 0.541. The summed E-state index contributed by atoms with van der Waals surface area (Å²) in [6.07, 6.45) is 0. The van der Waals surface area contributed by atoms with Crippen molar-refractivity contribution >= 4 is 22.6 Å². The van der Waals surface area contributed by atoms with Gasteiger partial charge < -0.3 is 4.57 Å². The zero-order valence-corrected chi connectivity index (χ0v) is 11.2. The SMILES string of the molecule is Cc1nc2ccccc2n1Cc1ccc(F)c(Cl)c1. The van der Waals surface area contributed by atoms with Gasteiger partial charge in [0.15, 0.2) is 0 Å². The van der Waals surface area contributed by atoms with Crippen molar-refractivity contribution in [2.75, 3.05) is 0 Å². The van der Waals surface area contributed by atoms with Gasteiger partial charge in [-0.15, -0.1) is 0 Å². The molecule has 0 aliphatic heterocycles. The zero-order chi connectivity index (χ0) is 13.4. The Labute approximate surface area is 115 Å². The first-order valence-electron chi connectivity index (χ1n) is 6.01. The minimum atomic E-state index is -0.391. The van der Waals surface area contributed by atoms with E-state index in [1.54, 1.807) is 12.1 Å². The molecule has 19 heavy (non-hydrogen) atoms. The van der Waals surface area contributed by atoms with Crippen molar-refractivity contribution < 1.29 is 4.39 Å². The van der Waals surface area contributed by atoms with E-state index in [0.29, 0.717) is 6.54 Å². The van der Waals surface area contributed by atoms with Gasteiger partial charge in [-0.1, -0.05) is 29.8 Å². The molecule has 0 radical (unpaired) electrons. The van der Waals surface area contributed by atoms with Crippen molar-refractivity contribution in [3.63, 3.8) is 0 Å². The maximum absolute atomic E-state index is 13.2. The summed E-state index contributed by atoms with van der Waals surface area (Å²) >= 11 is 5.81. The summed E-state index contributed by atoms with van der Waals surface area (Å²) in [4.78, 5) is 4.51. The molecule has 0 aliphatic rings. The van der Waals surface area contributed by atoms with Crippen molar-refractivity contribution in [1.29, 1.82) is 0 Å². The van der Waals surface area contributed by atoms with Crippen LogP contribution in [0.15, 0.2) is 42.5 Å². The van der Waals surface area contributed by atoms with Gasteiger partial charge in [0.05, 0.1) is 16.1 Å². The molecule has 0 unspecified atom stereocenters. The monoisotopic (exact) mass is 274 g/mol. The van der Waals surface area contributed by atoms with Crippen molar-refractivity contribution in [2.24, 2.45) is 0 Å². The normalized spacial score (nSPS) is 11.1. The average Bonchev–Trinajstić information content (AvgIpc) is 2.71. The Bertz CT molecular complexity index is 749. The van der Waals surface area contributed by atoms with E-state index in [2.05, 4.69) is 9.55 Å². The molecule has 96 valence electrons. The first kappa shape index (κ1) is 12.2. The van der Waals surface area contributed by atoms with E-state index in [1.165, 1.54) is 6.07 Å². The van der Waals surface area contributed by atoms with Gasteiger partial charge in [0.25, 0.3) is 0 Å². The van der Waals surface area contributed by atoms with Gasteiger partial charge in [0, 0.05) is 6.54 Å². The molecular weight excluding hydrogens is 263 g/mol. The first-order chi connectivity index (χ1) is 9.15. The molecule has 0 fully saturated rings. The number of rotatable bonds is 2. The van der Waals surface area contributed by atoms with Crippen molar-refractivity contribution in [3.8, 4) is 0 Å². The molecule has 4 heteroatoms. The molecule has 1 aromatic heterocycles. The fourth-order valence-electron chi connectivity index (χ4n) is 2.22. The van der Waals surface area contributed by atoms with Crippen molar-refractivity contribution in [2.45, 2.75) is 13.5 Å². The van der Waals surface area contributed by atoms with Gasteiger partial charge >= 0.3 is 0 Å². The quantitative estimate of drug-likeness (QED) is 0.685. The predicted octanol–water partition coefficient (Wildman–Crippen LogP) is 4.19. The Morgan fingerprint density at radius 3 is 2.79 bits per heavy atom. The Morgan fingerprint density at radius 2 is 2.00 bits per heavy atom. The Kier molecular flexibility index (Phi) is 2.99. The highest BCUT2D eigenvalue weighted by Gasteiger charge is 2.08. The molecule has 0 atom stereocenters. The first-order valence-corrected chi connectivity index (χ1v) is 6.39. The fourth-order valence-corrected chi connectivity index (χ4v) is 2.42. The molecule has 0 N–H and O–H groups in total. The molecule has 0 aliphatic carbocycles. The number of hydrogen-bond donors (Lipinski definition) is 0. The summed E-state index contributed by atoms with van der Waals surface area (Å²) < 4.78 is 15.3. The molecule has 0 spiro atoms. The minimum Gasteiger partial charge on any atom is -0.324 e. The largest absolute Gasteiger partial charge is 0.324 e. The molecular formula is C15H12ClFN2. The van der Waals surface area contributed by atoms with Crippen molar-refractivity contribution in [1.82, 2.24) is 9.55 Å².